The Hall–Kier alpha value is -2.70. The largest absolute Gasteiger partial charge is 0.312 e. The quantitative estimate of drug-likeness (QED) is 0.796. The van der Waals surface area contributed by atoms with Crippen LogP contribution in [-0.2, 0) is 6.54 Å². The number of aryl methyl sites for hydroxylation is 3. The maximum Gasteiger partial charge on any atom is 0.283 e. The second-order valence-corrected chi connectivity index (χ2v) is 5.71. The van der Waals surface area contributed by atoms with Crippen LogP contribution in [0.5, 0.6) is 0 Å². The highest BCUT2D eigenvalue weighted by molar-refractivity contribution is 5.80. The van der Waals surface area contributed by atoms with Crippen molar-refractivity contribution in [1.82, 2.24) is 24.3 Å². The van der Waals surface area contributed by atoms with Crippen molar-refractivity contribution < 1.29 is 0 Å². The van der Waals surface area contributed by atoms with Gasteiger partial charge in [0.2, 0.25) is 0 Å². The summed E-state index contributed by atoms with van der Waals surface area (Å²) in [6.07, 6.45) is 0.824. The lowest BCUT2D eigenvalue weighted by Gasteiger charge is -2.07. The molecule has 0 saturated carbocycles. The van der Waals surface area contributed by atoms with Gasteiger partial charge in [0.05, 0.1) is 10.9 Å². The van der Waals surface area contributed by atoms with Crippen molar-refractivity contribution in [2.45, 2.75) is 40.7 Å². The molecule has 0 fully saturated rings. The molecule has 3 heterocycles. The van der Waals surface area contributed by atoms with Gasteiger partial charge in [-0.25, -0.2) is 9.97 Å². The molecule has 3 aromatic rings. The van der Waals surface area contributed by atoms with Crippen molar-refractivity contribution in [2.24, 2.45) is 0 Å². The molecule has 23 heavy (non-hydrogen) atoms. The fourth-order valence-electron chi connectivity index (χ4n) is 2.86. The van der Waals surface area contributed by atoms with Crippen LogP contribution >= 0.6 is 0 Å². The van der Waals surface area contributed by atoms with Crippen LogP contribution in [0.3, 0.4) is 0 Å². The van der Waals surface area contributed by atoms with Crippen LogP contribution in [-0.4, -0.2) is 24.3 Å². The summed E-state index contributed by atoms with van der Waals surface area (Å²) in [6, 6.07) is 3.30. The molecular formula is C16H19N5O2. The average Bonchev–Trinajstić information content (AvgIpc) is 2.79. The third-order valence-corrected chi connectivity index (χ3v) is 3.84. The summed E-state index contributed by atoms with van der Waals surface area (Å²) < 4.78 is 2.93. The van der Waals surface area contributed by atoms with Crippen molar-refractivity contribution in [1.29, 1.82) is 0 Å². The monoisotopic (exact) mass is 313 g/mol. The van der Waals surface area contributed by atoms with Gasteiger partial charge in [-0.1, -0.05) is 6.92 Å². The van der Waals surface area contributed by atoms with Crippen molar-refractivity contribution >= 4 is 10.9 Å². The number of pyridine rings is 1. The number of aromatic nitrogens is 5. The van der Waals surface area contributed by atoms with E-state index in [0.29, 0.717) is 23.1 Å². The number of hydrogen-bond acceptors (Lipinski definition) is 4. The summed E-state index contributed by atoms with van der Waals surface area (Å²) in [5.74, 6) is 0.289. The summed E-state index contributed by atoms with van der Waals surface area (Å²) in [5, 5.41) is 3.45. The van der Waals surface area contributed by atoms with Crippen LogP contribution in [0, 0.1) is 20.8 Å². The highest BCUT2D eigenvalue weighted by Gasteiger charge is 2.16. The van der Waals surface area contributed by atoms with E-state index in [9.17, 15) is 9.59 Å². The van der Waals surface area contributed by atoms with Gasteiger partial charge in [0.1, 0.15) is 0 Å². The van der Waals surface area contributed by atoms with Gasteiger partial charge >= 0.3 is 0 Å². The van der Waals surface area contributed by atoms with E-state index in [4.69, 9.17) is 0 Å². The van der Waals surface area contributed by atoms with Crippen LogP contribution in [0.15, 0.2) is 21.7 Å². The highest BCUT2D eigenvalue weighted by Crippen LogP contribution is 2.12. The van der Waals surface area contributed by atoms with E-state index in [-0.39, 0.29) is 17.1 Å². The third kappa shape index (κ3) is 2.48. The molecule has 120 valence electrons. The Bertz CT molecular complexity index is 989. The molecule has 0 aliphatic carbocycles. The molecule has 0 aliphatic heterocycles. The second-order valence-electron chi connectivity index (χ2n) is 5.71. The Morgan fingerprint density at radius 2 is 1.74 bits per heavy atom. The van der Waals surface area contributed by atoms with Gasteiger partial charge < -0.3 is 4.57 Å². The number of H-pyrrole nitrogens is 1. The molecule has 3 aromatic heterocycles. The lowest BCUT2D eigenvalue weighted by molar-refractivity contribution is 0.640. The standard InChI is InChI=1S/C16H19N5O2/c1-5-6-20-11(4)14-12(8-13(20)22)19-21(15(14)23)16-17-9(2)7-10(3)18-16/h7-8,19H,5-6H2,1-4H3. The number of hydrogen-bond donors (Lipinski definition) is 1. The second kappa shape index (κ2) is 5.49. The molecule has 7 heteroatoms. The molecule has 0 radical (unpaired) electrons. The Balaban J connectivity index is 2.33. The molecule has 7 nitrogen and oxygen atoms in total. The van der Waals surface area contributed by atoms with Crippen LogP contribution < -0.4 is 11.1 Å². The summed E-state index contributed by atoms with van der Waals surface area (Å²) in [7, 11) is 0. The molecule has 3 rings (SSSR count). The van der Waals surface area contributed by atoms with E-state index in [1.54, 1.807) is 11.5 Å². The number of rotatable bonds is 3. The highest BCUT2D eigenvalue weighted by atomic mass is 16.1. The zero-order chi connectivity index (χ0) is 16.7. The average molecular weight is 313 g/mol. The molecule has 0 saturated heterocycles. The maximum atomic E-state index is 12.8. The Morgan fingerprint density at radius 3 is 2.35 bits per heavy atom. The summed E-state index contributed by atoms with van der Waals surface area (Å²) in [5.41, 5.74) is 2.37. The molecule has 0 amide bonds. The Labute approximate surface area is 132 Å². The minimum atomic E-state index is -0.243. The zero-order valence-electron chi connectivity index (χ0n) is 13.7. The van der Waals surface area contributed by atoms with Gasteiger partial charge in [0, 0.05) is 29.7 Å². The SMILES string of the molecule is CCCn1c(C)c2c(=O)n(-c3nc(C)cc(C)n3)[nH]c2cc1=O. The van der Waals surface area contributed by atoms with Gasteiger partial charge in [-0.05, 0) is 33.3 Å². The van der Waals surface area contributed by atoms with Crippen LogP contribution in [0.4, 0.5) is 0 Å². The van der Waals surface area contributed by atoms with Crippen molar-refractivity contribution in [3.8, 4) is 5.95 Å². The van der Waals surface area contributed by atoms with E-state index in [1.165, 1.54) is 10.7 Å². The molecule has 0 spiro atoms. The molecule has 0 aliphatic rings. The van der Waals surface area contributed by atoms with Crippen molar-refractivity contribution in [3.05, 3.63) is 49.9 Å². The fraction of sp³-hybridized carbons (Fsp3) is 0.375. The fourth-order valence-corrected chi connectivity index (χ4v) is 2.86. The number of nitrogens with one attached hydrogen (secondary N) is 1. The lowest BCUT2D eigenvalue weighted by Crippen LogP contribution is -2.23. The van der Waals surface area contributed by atoms with Gasteiger partial charge in [-0.3, -0.25) is 14.7 Å². The van der Waals surface area contributed by atoms with Gasteiger partial charge in [-0.2, -0.15) is 4.68 Å². The van der Waals surface area contributed by atoms with Crippen molar-refractivity contribution in [2.75, 3.05) is 0 Å². The van der Waals surface area contributed by atoms with E-state index in [2.05, 4.69) is 15.1 Å². The van der Waals surface area contributed by atoms with Gasteiger partial charge in [-0.15, -0.1) is 0 Å². The summed E-state index contributed by atoms with van der Waals surface area (Å²) in [4.78, 5) is 33.6. The van der Waals surface area contributed by atoms with Gasteiger partial charge in [0.15, 0.2) is 0 Å². The van der Waals surface area contributed by atoms with Crippen LogP contribution in [0.2, 0.25) is 0 Å². The van der Waals surface area contributed by atoms with E-state index < -0.39 is 0 Å². The predicted octanol–water partition coefficient (Wildman–Crippen LogP) is 1.61. The first-order valence-corrected chi connectivity index (χ1v) is 7.60. The molecule has 0 atom stereocenters. The summed E-state index contributed by atoms with van der Waals surface area (Å²) in [6.45, 7) is 8.07. The van der Waals surface area contributed by atoms with Crippen LogP contribution in [0.25, 0.3) is 16.9 Å². The zero-order valence-corrected chi connectivity index (χ0v) is 13.7. The first-order valence-electron chi connectivity index (χ1n) is 7.60. The minimum Gasteiger partial charge on any atom is -0.312 e. The molecule has 0 unspecified atom stereocenters. The number of nitrogens with zero attached hydrogens (tertiary/aromatic N) is 4. The molecule has 0 bridgehead atoms. The first-order chi connectivity index (χ1) is 10.9. The van der Waals surface area contributed by atoms with E-state index in [1.807, 2.05) is 26.8 Å². The Morgan fingerprint density at radius 1 is 1.09 bits per heavy atom. The lowest BCUT2D eigenvalue weighted by atomic mass is 10.2. The Kier molecular flexibility index (Phi) is 3.63. The number of fused-ring (bicyclic) bond motifs is 1. The van der Waals surface area contributed by atoms with E-state index in [0.717, 1.165) is 17.8 Å². The molecular weight excluding hydrogens is 294 g/mol. The normalized spacial score (nSPS) is 11.3. The maximum absolute atomic E-state index is 12.8. The van der Waals surface area contributed by atoms with Crippen LogP contribution in [0.1, 0.15) is 30.4 Å². The smallest absolute Gasteiger partial charge is 0.283 e. The van der Waals surface area contributed by atoms with Crippen molar-refractivity contribution in [3.63, 3.8) is 0 Å². The third-order valence-electron chi connectivity index (χ3n) is 3.84. The minimum absolute atomic E-state index is 0.119. The number of aromatic amines is 1. The molecule has 1 N–H and O–H groups in total. The topological polar surface area (TPSA) is 85.6 Å². The predicted molar refractivity (Wildman–Crippen MR) is 88.2 cm³/mol. The molecule has 0 aromatic carbocycles. The first kappa shape index (κ1) is 15.2. The van der Waals surface area contributed by atoms with Gasteiger partial charge in [0.25, 0.3) is 17.1 Å². The van der Waals surface area contributed by atoms with E-state index >= 15 is 0 Å². The summed E-state index contributed by atoms with van der Waals surface area (Å²) >= 11 is 0.